The van der Waals surface area contributed by atoms with Crippen molar-refractivity contribution < 1.29 is 0 Å². The van der Waals surface area contributed by atoms with Crippen LogP contribution in [0.1, 0.15) is 23.5 Å². The summed E-state index contributed by atoms with van der Waals surface area (Å²) in [4.78, 5) is 0. The molecule has 0 N–H and O–H groups in total. The molecule has 0 fully saturated rings. The van der Waals surface area contributed by atoms with E-state index in [4.69, 9.17) is 0 Å². The van der Waals surface area contributed by atoms with Gasteiger partial charge in [-0.1, -0.05) is 79.7 Å². The minimum atomic E-state index is 0.368. The maximum atomic E-state index is 4.15. The first-order chi connectivity index (χ1) is 9.40. The first-order valence-corrected chi connectivity index (χ1v) is 6.72. The Kier molecular flexibility index (Phi) is 3.33. The molecule has 0 amide bonds. The molecule has 0 heteroatoms. The quantitative estimate of drug-likeness (QED) is 0.595. The maximum Gasteiger partial charge on any atom is 0.00954 e. The highest BCUT2D eigenvalue weighted by Gasteiger charge is 2.14. The average Bonchev–Trinajstić information content (AvgIpc) is 2.49. The first-order valence-electron chi connectivity index (χ1n) is 6.72. The largest absolute Gasteiger partial charge is 0.0622 e. The van der Waals surface area contributed by atoms with Crippen molar-refractivity contribution in [3.63, 3.8) is 0 Å². The molecule has 0 nitrogen and oxygen atoms in total. The monoisotopic (exact) mass is 245 g/mol. The normalized spacial score (nSPS) is 12.5. The van der Waals surface area contributed by atoms with Gasteiger partial charge in [0.1, 0.15) is 0 Å². The van der Waals surface area contributed by atoms with Crippen LogP contribution in [-0.2, 0) is 0 Å². The van der Waals surface area contributed by atoms with Crippen molar-refractivity contribution in [1.82, 2.24) is 0 Å². The first kappa shape index (κ1) is 12.0. The molecular weight excluding hydrogens is 228 g/mol. The minimum Gasteiger partial charge on any atom is -0.0622 e. The van der Waals surface area contributed by atoms with E-state index in [2.05, 4.69) is 79.7 Å². The Bertz CT molecular complexity index is 662. The molecule has 0 saturated carbocycles. The molecule has 0 aromatic heterocycles. The molecule has 1 unspecified atom stereocenters. The smallest absolute Gasteiger partial charge is 0.00954 e. The molecule has 93 valence electrons. The summed E-state index contributed by atoms with van der Waals surface area (Å²) in [6.45, 7) is 4.15. The third-order valence-corrected chi connectivity index (χ3v) is 3.69. The van der Waals surface area contributed by atoms with Crippen LogP contribution in [0.25, 0.3) is 10.8 Å². The Morgan fingerprint density at radius 2 is 1.42 bits per heavy atom. The van der Waals surface area contributed by atoms with E-state index in [-0.39, 0.29) is 0 Å². The Labute approximate surface area is 114 Å². The fourth-order valence-corrected chi connectivity index (χ4v) is 2.74. The van der Waals surface area contributed by atoms with Gasteiger partial charge in [-0.3, -0.25) is 0 Å². The van der Waals surface area contributed by atoms with Crippen LogP contribution in [-0.4, -0.2) is 0 Å². The molecule has 0 heterocycles. The lowest BCUT2D eigenvalue weighted by molar-refractivity contribution is 0.835. The summed E-state index contributed by atoms with van der Waals surface area (Å²) in [7, 11) is 0. The molecular formula is C19H17. The maximum absolute atomic E-state index is 4.15. The van der Waals surface area contributed by atoms with Crippen molar-refractivity contribution in [3.05, 3.63) is 90.8 Å². The van der Waals surface area contributed by atoms with Crippen molar-refractivity contribution >= 4 is 10.8 Å². The lowest BCUT2D eigenvalue weighted by Gasteiger charge is -2.18. The summed E-state index contributed by atoms with van der Waals surface area (Å²) < 4.78 is 0. The molecule has 0 spiro atoms. The predicted molar refractivity (Wildman–Crippen MR) is 82.2 cm³/mol. The average molecular weight is 245 g/mol. The highest BCUT2D eigenvalue weighted by molar-refractivity contribution is 5.86. The van der Waals surface area contributed by atoms with E-state index in [0.29, 0.717) is 5.92 Å². The summed E-state index contributed by atoms with van der Waals surface area (Å²) in [5.74, 6) is 0.368. The van der Waals surface area contributed by atoms with Gasteiger partial charge in [-0.2, -0.15) is 0 Å². The SMILES string of the molecule is [CH2]CC(c1ccccc1)c1cccc2ccccc12. The molecule has 0 saturated heterocycles. The van der Waals surface area contributed by atoms with E-state index in [1.54, 1.807) is 0 Å². The van der Waals surface area contributed by atoms with Gasteiger partial charge in [0, 0.05) is 5.92 Å². The van der Waals surface area contributed by atoms with E-state index in [9.17, 15) is 0 Å². The summed E-state index contributed by atoms with van der Waals surface area (Å²) in [5.41, 5.74) is 2.72. The molecule has 0 aliphatic carbocycles. The molecule has 1 atom stereocenters. The van der Waals surface area contributed by atoms with Crippen molar-refractivity contribution in [2.75, 3.05) is 0 Å². The Balaban J connectivity index is 2.17. The fraction of sp³-hybridized carbons (Fsp3) is 0.105. The summed E-state index contributed by atoms with van der Waals surface area (Å²) in [6.07, 6.45) is 0.873. The van der Waals surface area contributed by atoms with Crippen molar-refractivity contribution in [2.24, 2.45) is 0 Å². The van der Waals surface area contributed by atoms with E-state index in [1.165, 1.54) is 21.9 Å². The van der Waals surface area contributed by atoms with Crippen LogP contribution in [0, 0.1) is 6.92 Å². The van der Waals surface area contributed by atoms with Crippen molar-refractivity contribution in [3.8, 4) is 0 Å². The van der Waals surface area contributed by atoms with Crippen molar-refractivity contribution in [2.45, 2.75) is 12.3 Å². The van der Waals surface area contributed by atoms with Gasteiger partial charge in [-0.25, -0.2) is 0 Å². The van der Waals surface area contributed by atoms with Crippen LogP contribution in [0.3, 0.4) is 0 Å². The minimum absolute atomic E-state index is 0.368. The van der Waals surface area contributed by atoms with Gasteiger partial charge in [-0.05, 0) is 28.3 Å². The van der Waals surface area contributed by atoms with E-state index in [0.717, 1.165) is 6.42 Å². The third-order valence-electron chi connectivity index (χ3n) is 3.69. The molecule has 3 aromatic carbocycles. The van der Waals surface area contributed by atoms with Gasteiger partial charge < -0.3 is 0 Å². The fourth-order valence-electron chi connectivity index (χ4n) is 2.74. The zero-order valence-electron chi connectivity index (χ0n) is 10.9. The summed E-state index contributed by atoms with van der Waals surface area (Å²) in [6, 6.07) is 25.8. The molecule has 0 aliphatic rings. The van der Waals surface area contributed by atoms with E-state index >= 15 is 0 Å². The number of rotatable bonds is 3. The summed E-state index contributed by atoms with van der Waals surface area (Å²) in [5, 5.41) is 2.64. The Morgan fingerprint density at radius 3 is 2.21 bits per heavy atom. The molecule has 19 heavy (non-hydrogen) atoms. The van der Waals surface area contributed by atoms with Gasteiger partial charge >= 0.3 is 0 Å². The second-order valence-electron chi connectivity index (χ2n) is 4.82. The standard InChI is InChI=1S/C19H17/c1-2-17(15-9-4-3-5-10-15)19-14-8-12-16-11-6-7-13-18(16)19/h3-14,17H,1-2H2. The van der Waals surface area contributed by atoms with Crippen LogP contribution in [0.5, 0.6) is 0 Å². The zero-order valence-corrected chi connectivity index (χ0v) is 10.9. The molecule has 1 radical (unpaired) electrons. The molecule has 3 aromatic rings. The highest BCUT2D eigenvalue weighted by Crippen LogP contribution is 2.32. The lowest BCUT2D eigenvalue weighted by Crippen LogP contribution is -2.00. The van der Waals surface area contributed by atoms with Crippen LogP contribution >= 0.6 is 0 Å². The Morgan fingerprint density at radius 1 is 0.737 bits per heavy atom. The van der Waals surface area contributed by atoms with Gasteiger partial charge in [0.25, 0.3) is 0 Å². The number of fused-ring (bicyclic) bond motifs is 1. The highest BCUT2D eigenvalue weighted by atomic mass is 14.2. The van der Waals surface area contributed by atoms with Gasteiger partial charge in [-0.15, -0.1) is 0 Å². The number of hydrogen-bond donors (Lipinski definition) is 0. The van der Waals surface area contributed by atoms with Crippen LogP contribution < -0.4 is 0 Å². The topological polar surface area (TPSA) is 0 Å². The van der Waals surface area contributed by atoms with E-state index < -0.39 is 0 Å². The van der Waals surface area contributed by atoms with E-state index in [1.807, 2.05) is 0 Å². The third kappa shape index (κ3) is 2.26. The van der Waals surface area contributed by atoms with Crippen LogP contribution in [0.2, 0.25) is 0 Å². The predicted octanol–water partition coefficient (Wildman–Crippen LogP) is 5.20. The molecule has 3 rings (SSSR count). The zero-order chi connectivity index (χ0) is 13.1. The lowest BCUT2D eigenvalue weighted by atomic mass is 9.86. The van der Waals surface area contributed by atoms with Gasteiger partial charge in [0.15, 0.2) is 0 Å². The number of hydrogen-bond acceptors (Lipinski definition) is 0. The van der Waals surface area contributed by atoms with Crippen molar-refractivity contribution in [1.29, 1.82) is 0 Å². The number of benzene rings is 3. The van der Waals surface area contributed by atoms with Gasteiger partial charge in [0.05, 0.1) is 0 Å². The Hall–Kier alpha value is -2.08. The second-order valence-corrected chi connectivity index (χ2v) is 4.82. The van der Waals surface area contributed by atoms with Gasteiger partial charge in [0.2, 0.25) is 0 Å². The summed E-state index contributed by atoms with van der Waals surface area (Å²) >= 11 is 0. The van der Waals surface area contributed by atoms with Crippen LogP contribution in [0.4, 0.5) is 0 Å². The second kappa shape index (κ2) is 5.27. The molecule has 0 aliphatic heterocycles. The van der Waals surface area contributed by atoms with Crippen LogP contribution in [0.15, 0.2) is 72.8 Å². The molecule has 0 bridgehead atoms.